The van der Waals surface area contributed by atoms with Crippen LogP contribution in [0.25, 0.3) is 0 Å². The van der Waals surface area contributed by atoms with Gasteiger partial charge in [0.25, 0.3) is 0 Å². The van der Waals surface area contributed by atoms with Crippen LogP contribution in [-0.2, 0) is 12.6 Å². The summed E-state index contributed by atoms with van der Waals surface area (Å²) in [6.45, 7) is 1.68. The molecule has 1 N–H and O–H groups in total. The first kappa shape index (κ1) is 19.8. The second-order valence-electron chi connectivity index (χ2n) is 5.92. The maximum absolute atomic E-state index is 13.5. The molecule has 0 amide bonds. The SMILES string of the molecule is CCc1ccc(C(c2ccc(Cl)cc2)c2ncc(SC)[nH]2)nc1C(F)(F)F. The van der Waals surface area contributed by atoms with Gasteiger partial charge in [-0.2, -0.15) is 13.2 Å². The molecule has 1 aromatic carbocycles. The number of aryl methyl sites for hydroxylation is 1. The van der Waals surface area contributed by atoms with Crippen LogP contribution in [0.1, 0.15) is 41.2 Å². The van der Waals surface area contributed by atoms with Crippen molar-refractivity contribution in [1.29, 1.82) is 0 Å². The summed E-state index contributed by atoms with van der Waals surface area (Å²) in [5.41, 5.74) is 0.360. The molecule has 0 saturated carbocycles. The number of alkyl halides is 3. The van der Waals surface area contributed by atoms with Gasteiger partial charge in [-0.15, -0.1) is 11.8 Å². The van der Waals surface area contributed by atoms with Crippen molar-refractivity contribution >= 4 is 23.4 Å². The summed E-state index contributed by atoms with van der Waals surface area (Å²) >= 11 is 7.44. The van der Waals surface area contributed by atoms with Crippen molar-refractivity contribution in [2.75, 3.05) is 6.26 Å². The lowest BCUT2D eigenvalue weighted by atomic mass is 9.93. The number of nitrogens with one attached hydrogen (secondary N) is 1. The van der Waals surface area contributed by atoms with E-state index >= 15 is 0 Å². The minimum absolute atomic E-state index is 0.172. The Hall–Kier alpha value is -1.99. The number of pyridine rings is 1. The van der Waals surface area contributed by atoms with Crippen molar-refractivity contribution < 1.29 is 13.2 Å². The van der Waals surface area contributed by atoms with Crippen LogP contribution in [0, 0.1) is 0 Å². The van der Waals surface area contributed by atoms with Gasteiger partial charge in [-0.1, -0.05) is 36.7 Å². The van der Waals surface area contributed by atoms with Crippen LogP contribution in [0.3, 0.4) is 0 Å². The van der Waals surface area contributed by atoms with E-state index in [-0.39, 0.29) is 17.7 Å². The highest BCUT2D eigenvalue weighted by Crippen LogP contribution is 2.35. The van der Waals surface area contributed by atoms with Gasteiger partial charge in [0.2, 0.25) is 0 Å². The van der Waals surface area contributed by atoms with E-state index in [0.717, 1.165) is 10.6 Å². The molecule has 0 aliphatic rings. The van der Waals surface area contributed by atoms with Gasteiger partial charge >= 0.3 is 6.18 Å². The summed E-state index contributed by atoms with van der Waals surface area (Å²) in [4.78, 5) is 11.5. The molecule has 8 heteroatoms. The third kappa shape index (κ3) is 4.30. The lowest BCUT2D eigenvalue weighted by Gasteiger charge is -2.18. The van der Waals surface area contributed by atoms with Gasteiger partial charge in [0.1, 0.15) is 11.5 Å². The van der Waals surface area contributed by atoms with Crippen molar-refractivity contribution in [2.45, 2.75) is 30.5 Å². The zero-order valence-corrected chi connectivity index (χ0v) is 16.2. The fraction of sp³-hybridized carbons (Fsp3) is 0.263. The molecule has 3 rings (SSSR count). The first-order valence-corrected chi connectivity index (χ1v) is 9.85. The molecule has 1 unspecified atom stereocenters. The van der Waals surface area contributed by atoms with Gasteiger partial charge < -0.3 is 4.98 Å². The maximum Gasteiger partial charge on any atom is 0.433 e. The number of rotatable bonds is 5. The summed E-state index contributed by atoms with van der Waals surface area (Å²) in [5.74, 6) is -0.0262. The number of imidazole rings is 1. The Morgan fingerprint density at radius 1 is 1.15 bits per heavy atom. The van der Waals surface area contributed by atoms with Gasteiger partial charge in [0, 0.05) is 5.02 Å². The molecule has 0 fully saturated rings. The fourth-order valence-corrected chi connectivity index (χ4v) is 3.38. The summed E-state index contributed by atoms with van der Waals surface area (Å²) in [7, 11) is 0. The Balaban J connectivity index is 2.17. The Bertz CT molecular complexity index is 923. The first-order valence-electron chi connectivity index (χ1n) is 8.24. The molecule has 1 atom stereocenters. The highest BCUT2D eigenvalue weighted by molar-refractivity contribution is 7.98. The molecule has 0 radical (unpaired) electrons. The van der Waals surface area contributed by atoms with Gasteiger partial charge in [0.05, 0.1) is 22.8 Å². The quantitative estimate of drug-likeness (QED) is 0.528. The van der Waals surface area contributed by atoms with Crippen molar-refractivity contribution in [3.05, 3.63) is 76.0 Å². The number of halogens is 4. The fourth-order valence-electron chi connectivity index (χ4n) is 2.89. The molecule has 0 aliphatic carbocycles. The molecule has 2 heterocycles. The first-order chi connectivity index (χ1) is 12.8. The average Bonchev–Trinajstić information content (AvgIpc) is 3.11. The van der Waals surface area contributed by atoms with Crippen LogP contribution in [-0.4, -0.2) is 21.2 Å². The predicted octanol–water partition coefficient (Wildman–Crippen LogP) is 5.94. The standard InChI is InChI=1S/C19H17ClF3N3S/c1-3-11-6-9-14(25-17(11)19(21,22)23)16(12-4-7-13(20)8-5-12)18-24-10-15(26-18)27-2/h4-10,16H,3H2,1-2H3,(H,24,26). The molecular formula is C19H17ClF3N3S. The number of thioether (sulfide) groups is 1. The molecule has 0 saturated heterocycles. The molecule has 27 heavy (non-hydrogen) atoms. The van der Waals surface area contributed by atoms with E-state index in [9.17, 15) is 13.2 Å². The summed E-state index contributed by atoms with van der Waals surface area (Å²) in [5, 5.41) is 1.37. The van der Waals surface area contributed by atoms with Crippen LogP contribution >= 0.6 is 23.4 Å². The lowest BCUT2D eigenvalue weighted by Crippen LogP contribution is -2.16. The molecular weight excluding hydrogens is 395 g/mol. The van der Waals surface area contributed by atoms with Crippen molar-refractivity contribution in [1.82, 2.24) is 15.0 Å². The molecule has 0 bridgehead atoms. The molecule has 0 aliphatic heterocycles. The van der Waals surface area contributed by atoms with Gasteiger partial charge in [-0.25, -0.2) is 9.97 Å². The van der Waals surface area contributed by atoms with Crippen LogP contribution in [0.2, 0.25) is 5.02 Å². The number of aromatic nitrogens is 3. The van der Waals surface area contributed by atoms with E-state index in [1.54, 1.807) is 43.5 Å². The van der Waals surface area contributed by atoms with Crippen LogP contribution in [0.5, 0.6) is 0 Å². The monoisotopic (exact) mass is 411 g/mol. The second kappa shape index (κ2) is 7.94. The number of hydrogen-bond acceptors (Lipinski definition) is 3. The number of hydrogen-bond donors (Lipinski definition) is 1. The summed E-state index contributed by atoms with van der Waals surface area (Å²) in [6.07, 6.45) is -0.705. The van der Waals surface area contributed by atoms with Crippen molar-refractivity contribution in [3.63, 3.8) is 0 Å². The normalized spacial score (nSPS) is 13.0. The van der Waals surface area contributed by atoms with E-state index in [1.807, 2.05) is 6.26 Å². The van der Waals surface area contributed by atoms with Crippen LogP contribution in [0.15, 0.2) is 47.6 Å². The van der Waals surface area contributed by atoms with E-state index in [1.165, 1.54) is 17.8 Å². The summed E-state index contributed by atoms with van der Waals surface area (Å²) in [6, 6.07) is 10.1. The molecule has 0 spiro atoms. The van der Waals surface area contributed by atoms with Crippen molar-refractivity contribution in [2.24, 2.45) is 0 Å². The van der Waals surface area contributed by atoms with Gasteiger partial charge in [0.15, 0.2) is 0 Å². The number of H-pyrrole nitrogens is 1. The number of benzene rings is 1. The van der Waals surface area contributed by atoms with E-state index in [2.05, 4.69) is 15.0 Å². The minimum atomic E-state index is -4.51. The third-order valence-corrected chi connectivity index (χ3v) is 5.11. The van der Waals surface area contributed by atoms with Crippen LogP contribution < -0.4 is 0 Å². The smallest absolute Gasteiger partial charge is 0.336 e. The number of nitrogens with zero attached hydrogens (tertiary/aromatic N) is 2. The molecule has 3 nitrogen and oxygen atoms in total. The van der Waals surface area contributed by atoms with E-state index < -0.39 is 17.8 Å². The zero-order valence-electron chi connectivity index (χ0n) is 14.6. The van der Waals surface area contributed by atoms with Gasteiger partial charge in [-0.3, -0.25) is 0 Å². The molecule has 2 aromatic heterocycles. The Morgan fingerprint density at radius 2 is 1.85 bits per heavy atom. The van der Waals surface area contributed by atoms with Gasteiger partial charge in [-0.05, 0) is 42.0 Å². The largest absolute Gasteiger partial charge is 0.433 e. The predicted molar refractivity (Wildman–Crippen MR) is 101 cm³/mol. The average molecular weight is 412 g/mol. The zero-order chi connectivity index (χ0) is 19.6. The topological polar surface area (TPSA) is 41.6 Å². The molecule has 3 aromatic rings. The molecule has 142 valence electrons. The summed E-state index contributed by atoms with van der Waals surface area (Å²) < 4.78 is 40.5. The Labute approximate surface area is 164 Å². The third-order valence-electron chi connectivity index (χ3n) is 4.21. The minimum Gasteiger partial charge on any atom is -0.336 e. The Morgan fingerprint density at radius 3 is 2.41 bits per heavy atom. The second-order valence-corrected chi connectivity index (χ2v) is 7.20. The highest BCUT2D eigenvalue weighted by atomic mass is 35.5. The van der Waals surface area contributed by atoms with Crippen LogP contribution in [0.4, 0.5) is 13.2 Å². The maximum atomic E-state index is 13.5. The van der Waals surface area contributed by atoms with Crippen molar-refractivity contribution in [3.8, 4) is 0 Å². The number of aromatic amines is 1. The van der Waals surface area contributed by atoms with E-state index in [4.69, 9.17) is 11.6 Å². The van der Waals surface area contributed by atoms with E-state index in [0.29, 0.717) is 10.8 Å². The highest BCUT2D eigenvalue weighted by Gasteiger charge is 2.36. The lowest BCUT2D eigenvalue weighted by molar-refractivity contribution is -0.141. The Kier molecular flexibility index (Phi) is 5.81.